The number of benzene rings is 1. The quantitative estimate of drug-likeness (QED) is 0.819. The molecule has 1 saturated heterocycles. The predicted octanol–water partition coefficient (Wildman–Crippen LogP) is 1.06. The molecule has 3 N–H and O–H groups in total. The lowest BCUT2D eigenvalue weighted by Gasteiger charge is -2.21. The monoisotopic (exact) mass is 297 g/mol. The molecule has 0 radical (unpaired) electrons. The van der Waals surface area contributed by atoms with Crippen molar-refractivity contribution in [1.82, 2.24) is 9.80 Å². The Kier molecular flexibility index (Phi) is 5.23. The minimum atomic E-state index is -0.0370. The number of nitrogen functional groups attached to an aromatic ring is 1. The number of rotatable bonds is 3. The van der Waals surface area contributed by atoms with Gasteiger partial charge in [0.25, 0.3) is 5.91 Å². The van der Waals surface area contributed by atoms with E-state index in [2.05, 4.69) is 4.90 Å². The molecular weight excluding hydrogens is 278 g/mol. The third-order valence-corrected chi connectivity index (χ3v) is 3.68. The van der Waals surface area contributed by atoms with Crippen molar-refractivity contribution in [2.24, 2.45) is 0 Å². The molecule has 0 aromatic heterocycles. The predicted molar refractivity (Wildman–Crippen MR) is 79.9 cm³/mol. The lowest BCUT2D eigenvalue weighted by molar-refractivity contribution is 0.0760. The maximum Gasteiger partial charge on any atom is 0.254 e. The van der Waals surface area contributed by atoms with Crippen LogP contribution >= 0.6 is 11.6 Å². The molecule has 0 unspecified atom stereocenters. The molecule has 1 aliphatic heterocycles. The number of nitrogens with zero attached hydrogens (tertiary/aromatic N) is 2. The minimum absolute atomic E-state index is 0.0370. The van der Waals surface area contributed by atoms with Gasteiger partial charge in [0.2, 0.25) is 0 Å². The fraction of sp³-hybridized carbons (Fsp3) is 0.500. The van der Waals surface area contributed by atoms with Crippen molar-refractivity contribution < 1.29 is 9.90 Å². The van der Waals surface area contributed by atoms with E-state index >= 15 is 0 Å². The molecule has 1 fully saturated rings. The van der Waals surface area contributed by atoms with E-state index in [0.29, 0.717) is 35.9 Å². The van der Waals surface area contributed by atoms with Gasteiger partial charge in [-0.15, -0.1) is 0 Å². The molecule has 0 spiro atoms. The summed E-state index contributed by atoms with van der Waals surface area (Å²) >= 11 is 5.94. The number of nitrogens with two attached hydrogens (primary N) is 1. The van der Waals surface area contributed by atoms with Crippen LogP contribution < -0.4 is 5.73 Å². The van der Waals surface area contributed by atoms with Crippen molar-refractivity contribution in [2.75, 3.05) is 45.1 Å². The number of amides is 1. The number of hydrogen-bond donors (Lipinski definition) is 2. The van der Waals surface area contributed by atoms with Crippen molar-refractivity contribution in [2.45, 2.75) is 6.42 Å². The molecule has 0 atom stereocenters. The SMILES string of the molecule is Nc1cc(Cl)cc(C(=O)N2CCCN(CCO)CC2)c1. The van der Waals surface area contributed by atoms with Crippen molar-refractivity contribution in [3.63, 3.8) is 0 Å². The average molecular weight is 298 g/mol. The Hall–Kier alpha value is -1.30. The molecule has 1 aromatic rings. The van der Waals surface area contributed by atoms with Crippen molar-refractivity contribution >= 4 is 23.2 Å². The Labute approximate surface area is 123 Å². The van der Waals surface area contributed by atoms with E-state index in [4.69, 9.17) is 22.4 Å². The fourth-order valence-electron chi connectivity index (χ4n) is 2.46. The van der Waals surface area contributed by atoms with Gasteiger partial charge in [-0.3, -0.25) is 9.69 Å². The zero-order valence-corrected chi connectivity index (χ0v) is 12.1. The molecule has 1 amide bonds. The normalized spacial score (nSPS) is 17.0. The summed E-state index contributed by atoms with van der Waals surface area (Å²) in [7, 11) is 0. The highest BCUT2D eigenvalue weighted by Crippen LogP contribution is 2.18. The number of carbonyl (C=O) groups is 1. The molecule has 0 aliphatic carbocycles. The fourth-order valence-corrected chi connectivity index (χ4v) is 2.70. The van der Waals surface area contributed by atoms with Crippen LogP contribution in [0.15, 0.2) is 18.2 Å². The molecule has 1 aromatic carbocycles. The number of anilines is 1. The van der Waals surface area contributed by atoms with Gasteiger partial charge in [-0.05, 0) is 31.2 Å². The molecule has 5 nitrogen and oxygen atoms in total. The average Bonchev–Trinajstić information content (AvgIpc) is 2.63. The molecule has 110 valence electrons. The van der Waals surface area contributed by atoms with Crippen LogP contribution in [-0.2, 0) is 0 Å². The van der Waals surface area contributed by atoms with Crippen LogP contribution in [0, 0.1) is 0 Å². The van der Waals surface area contributed by atoms with E-state index < -0.39 is 0 Å². The molecule has 0 saturated carbocycles. The van der Waals surface area contributed by atoms with Crippen LogP contribution in [0.1, 0.15) is 16.8 Å². The maximum atomic E-state index is 12.5. The topological polar surface area (TPSA) is 69.8 Å². The van der Waals surface area contributed by atoms with Crippen LogP contribution in [0.5, 0.6) is 0 Å². The molecule has 1 aliphatic rings. The van der Waals surface area contributed by atoms with E-state index in [0.717, 1.165) is 19.5 Å². The van der Waals surface area contributed by atoms with E-state index in [-0.39, 0.29) is 12.5 Å². The number of aliphatic hydroxyl groups excluding tert-OH is 1. The Morgan fingerprint density at radius 1 is 1.25 bits per heavy atom. The molecule has 6 heteroatoms. The van der Waals surface area contributed by atoms with Gasteiger partial charge in [-0.25, -0.2) is 0 Å². The van der Waals surface area contributed by atoms with Gasteiger partial charge in [-0.2, -0.15) is 0 Å². The van der Waals surface area contributed by atoms with Crippen LogP contribution in [0.25, 0.3) is 0 Å². The number of hydrogen-bond acceptors (Lipinski definition) is 4. The number of β-amino-alcohol motifs (C(OH)–C–C–N with tert-alkyl or cyclic N) is 1. The van der Waals surface area contributed by atoms with E-state index in [9.17, 15) is 4.79 Å². The first-order valence-corrected chi connectivity index (χ1v) is 7.16. The summed E-state index contributed by atoms with van der Waals surface area (Å²) in [5, 5.41) is 9.45. The van der Waals surface area contributed by atoms with Gasteiger partial charge in [-0.1, -0.05) is 11.6 Å². The Morgan fingerprint density at radius 2 is 2.05 bits per heavy atom. The highest BCUT2D eigenvalue weighted by molar-refractivity contribution is 6.31. The first kappa shape index (κ1) is 15.1. The van der Waals surface area contributed by atoms with Crippen LogP contribution in [0.4, 0.5) is 5.69 Å². The lowest BCUT2D eigenvalue weighted by atomic mass is 10.1. The molecule has 2 rings (SSSR count). The number of aliphatic hydroxyl groups is 1. The summed E-state index contributed by atoms with van der Waals surface area (Å²) in [5.41, 5.74) is 6.76. The molecular formula is C14H20ClN3O2. The largest absolute Gasteiger partial charge is 0.399 e. The lowest BCUT2D eigenvalue weighted by Crippen LogP contribution is -2.35. The van der Waals surface area contributed by atoms with Gasteiger partial charge in [0.1, 0.15) is 0 Å². The summed E-state index contributed by atoms with van der Waals surface area (Å²) in [6, 6.07) is 4.94. The zero-order valence-electron chi connectivity index (χ0n) is 11.4. The smallest absolute Gasteiger partial charge is 0.254 e. The van der Waals surface area contributed by atoms with Crippen molar-refractivity contribution in [1.29, 1.82) is 0 Å². The minimum Gasteiger partial charge on any atom is -0.399 e. The van der Waals surface area contributed by atoms with Gasteiger partial charge in [0, 0.05) is 42.5 Å². The second-order valence-electron chi connectivity index (χ2n) is 4.98. The Morgan fingerprint density at radius 3 is 2.75 bits per heavy atom. The van der Waals surface area contributed by atoms with Crippen molar-refractivity contribution in [3.05, 3.63) is 28.8 Å². The highest BCUT2D eigenvalue weighted by atomic mass is 35.5. The van der Waals surface area contributed by atoms with Gasteiger partial charge in [0.15, 0.2) is 0 Å². The molecule has 20 heavy (non-hydrogen) atoms. The van der Waals surface area contributed by atoms with E-state index in [1.165, 1.54) is 0 Å². The van der Waals surface area contributed by atoms with Gasteiger partial charge < -0.3 is 15.7 Å². The van der Waals surface area contributed by atoms with E-state index in [1.54, 1.807) is 18.2 Å². The summed E-state index contributed by atoms with van der Waals surface area (Å²) < 4.78 is 0. The number of carbonyl (C=O) groups excluding carboxylic acids is 1. The first-order valence-electron chi connectivity index (χ1n) is 6.78. The highest BCUT2D eigenvalue weighted by Gasteiger charge is 2.20. The summed E-state index contributed by atoms with van der Waals surface area (Å²) in [5.74, 6) is -0.0370. The van der Waals surface area contributed by atoms with Gasteiger partial charge in [0.05, 0.1) is 6.61 Å². The third-order valence-electron chi connectivity index (χ3n) is 3.46. The molecule has 1 heterocycles. The van der Waals surface area contributed by atoms with Gasteiger partial charge >= 0.3 is 0 Å². The third kappa shape index (κ3) is 3.85. The standard InChI is InChI=1S/C14H20ClN3O2/c15-12-8-11(9-13(16)10-12)14(20)18-3-1-2-17(4-5-18)6-7-19/h8-10,19H,1-7,16H2. The summed E-state index contributed by atoms with van der Waals surface area (Å²) in [6.45, 7) is 3.87. The Balaban J connectivity index is 2.05. The second-order valence-corrected chi connectivity index (χ2v) is 5.42. The summed E-state index contributed by atoms with van der Waals surface area (Å²) in [4.78, 5) is 16.5. The maximum absolute atomic E-state index is 12.5. The van der Waals surface area contributed by atoms with Crippen LogP contribution in [0.2, 0.25) is 5.02 Å². The van der Waals surface area contributed by atoms with Crippen molar-refractivity contribution in [3.8, 4) is 0 Å². The van der Waals surface area contributed by atoms with Crippen LogP contribution in [-0.4, -0.2) is 60.1 Å². The second kappa shape index (κ2) is 6.92. The summed E-state index contributed by atoms with van der Waals surface area (Å²) in [6.07, 6.45) is 0.905. The Bertz CT molecular complexity index is 461. The van der Waals surface area contributed by atoms with E-state index in [1.807, 2.05) is 4.90 Å². The van der Waals surface area contributed by atoms with Crippen LogP contribution in [0.3, 0.4) is 0 Å². The number of halogens is 1. The first-order chi connectivity index (χ1) is 9.60. The molecule has 0 bridgehead atoms. The zero-order chi connectivity index (χ0) is 14.5.